The first-order valence-corrected chi connectivity index (χ1v) is 4.14. The van der Waals surface area contributed by atoms with Crippen molar-refractivity contribution in [2.45, 2.75) is 13.8 Å². The van der Waals surface area contributed by atoms with E-state index in [1.807, 2.05) is 6.92 Å². The van der Waals surface area contributed by atoms with E-state index in [2.05, 4.69) is 4.98 Å². The third-order valence-corrected chi connectivity index (χ3v) is 1.74. The van der Waals surface area contributed by atoms with Crippen LogP contribution in [0.3, 0.4) is 0 Å². The molecule has 13 heavy (non-hydrogen) atoms. The molecule has 0 aliphatic heterocycles. The Balaban J connectivity index is 2.92. The molecule has 0 fully saturated rings. The lowest BCUT2D eigenvalue weighted by Gasteiger charge is -2.17. The zero-order valence-corrected chi connectivity index (χ0v) is 7.82. The number of nitrogen functional groups attached to an aromatic ring is 1. The number of hydrogen-bond acceptors (Lipinski definition) is 3. The van der Waals surface area contributed by atoms with Crippen LogP contribution in [0, 0.1) is 0 Å². The van der Waals surface area contributed by atoms with Crippen LogP contribution in [-0.2, 0) is 4.79 Å². The second-order valence-corrected chi connectivity index (χ2v) is 2.71. The maximum atomic E-state index is 11.1. The van der Waals surface area contributed by atoms with Gasteiger partial charge < -0.3 is 5.73 Å². The first-order valence-electron chi connectivity index (χ1n) is 4.14. The lowest BCUT2D eigenvalue weighted by atomic mass is 10.4. The van der Waals surface area contributed by atoms with Crippen molar-refractivity contribution in [3.05, 3.63) is 18.3 Å². The molecule has 0 aliphatic rings. The molecule has 0 aliphatic carbocycles. The molecule has 70 valence electrons. The smallest absolute Gasteiger partial charge is 0.225 e. The molecule has 4 heteroatoms. The van der Waals surface area contributed by atoms with E-state index in [1.165, 1.54) is 6.92 Å². The van der Waals surface area contributed by atoms with E-state index < -0.39 is 0 Å². The van der Waals surface area contributed by atoms with E-state index in [1.54, 1.807) is 23.2 Å². The van der Waals surface area contributed by atoms with Crippen LogP contribution in [0.5, 0.6) is 0 Å². The fourth-order valence-corrected chi connectivity index (χ4v) is 1.10. The summed E-state index contributed by atoms with van der Waals surface area (Å²) in [6, 6.07) is 3.47. The van der Waals surface area contributed by atoms with Crippen molar-refractivity contribution < 1.29 is 4.79 Å². The second kappa shape index (κ2) is 3.89. The number of carbonyl (C=O) groups excluding carboxylic acids is 1. The Morgan fingerprint density at radius 3 is 2.69 bits per heavy atom. The number of rotatable bonds is 2. The number of amides is 1. The molecule has 0 aromatic carbocycles. The van der Waals surface area contributed by atoms with Crippen LogP contribution in [0.15, 0.2) is 18.3 Å². The molecular weight excluding hydrogens is 166 g/mol. The van der Waals surface area contributed by atoms with Crippen LogP contribution in [0.1, 0.15) is 13.8 Å². The Kier molecular flexibility index (Phi) is 2.84. The van der Waals surface area contributed by atoms with E-state index in [0.29, 0.717) is 18.1 Å². The molecule has 1 rings (SSSR count). The van der Waals surface area contributed by atoms with Crippen LogP contribution in [-0.4, -0.2) is 17.4 Å². The molecule has 0 bridgehead atoms. The first-order chi connectivity index (χ1) is 6.15. The highest BCUT2D eigenvalue weighted by Crippen LogP contribution is 2.11. The van der Waals surface area contributed by atoms with Crippen molar-refractivity contribution in [3.8, 4) is 0 Å². The summed E-state index contributed by atoms with van der Waals surface area (Å²) in [5, 5.41) is 0. The van der Waals surface area contributed by atoms with Gasteiger partial charge in [0.15, 0.2) is 0 Å². The lowest BCUT2D eigenvalue weighted by Crippen LogP contribution is -2.28. The van der Waals surface area contributed by atoms with Gasteiger partial charge in [-0.25, -0.2) is 4.98 Å². The Hall–Kier alpha value is -1.58. The number of aromatic nitrogens is 1. The summed E-state index contributed by atoms with van der Waals surface area (Å²) in [6.45, 7) is 4.03. The van der Waals surface area contributed by atoms with Crippen LogP contribution in [0.4, 0.5) is 11.5 Å². The normalized spacial score (nSPS) is 9.69. The molecule has 1 amide bonds. The first kappa shape index (κ1) is 9.51. The van der Waals surface area contributed by atoms with Crippen LogP contribution in [0.2, 0.25) is 0 Å². The Morgan fingerprint density at radius 1 is 1.62 bits per heavy atom. The summed E-state index contributed by atoms with van der Waals surface area (Å²) in [6.07, 6.45) is 1.54. The lowest BCUT2D eigenvalue weighted by molar-refractivity contribution is -0.116. The van der Waals surface area contributed by atoms with Gasteiger partial charge in [-0.2, -0.15) is 0 Å². The Morgan fingerprint density at radius 2 is 2.31 bits per heavy atom. The van der Waals surface area contributed by atoms with Crippen LogP contribution >= 0.6 is 0 Å². The molecule has 0 unspecified atom stereocenters. The summed E-state index contributed by atoms with van der Waals surface area (Å²) in [5.41, 5.74) is 6.08. The second-order valence-electron chi connectivity index (χ2n) is 2.71. The third-order valence-electron chi connectivity index (χ3n) is 1.74. The Labute approximate surface area is 77.4 Å². The van der Waals surface area contributed by atoms with Gasteiger partial charge in [-0.15, -0.1) is 0 Å². The molecule has 1 aromatic rings. The van der Waals surface area contributed by atoms with E-state index >= 15 is 0 Å². The quantitative estimate of drug-likeness (QED) is 0.737. The van der Waals surface area contributed by atoms with E-state index in [4.69, 9.17) is 5.73 Å². The standard InChI is InChI=1S/C9H13N3O/c1-3-12(7(2)13)9-5-4-8(10)6-11-9/h4-6H,3,10H2,1-2H3. The number of anilines is 2. The zero-order chi connectivity index (χ0) is 9.84. The van der Waals surface area contributed by atoms with Gasteiger partial charge in [-0.05, 0) is 19.1 Å². The maximum absolute atomic E-state index is 11.1. The molecular formula is C9H13N3O. The van der Waals surface area contributed by atoms with Crippen molar-refractivity contribution in [1.82, 2.24) is 4.98 Å². The Bertz CT molecular complexity index is 294. The minimum absolute atomic E-state index is 0.0141. The average molecular weight is 179 g/mol. The van der Waals surface area contributed by atoms with Crippen LogP contribution < -0.4 is 10.6 Å². The van der Waals surface area contributed by atoms with Gasteiger partial charge in [-0.3, -0.25) is 9.69 Å². The SMILES string of the molecule is CCN(C(C)=O)c1ccc(N)cn1. The van der Waals surface area contributed by atoms with Crippen molar-refractivity contribution in [2.24, 2.45) is 0 Å². The average Bonchev–Trinajstić information content (AvgIpc) is 2.09. The number of nitrogens with zero attached hydrogens (tertiary/aromatic N) is 2. The van der Waals surface area contributed by atoms with Gasteiger partial charge >= 0.3 is 0 Å². The molecule has 0 radical (unpaired) electrons. The van der Waals surface area contributed by atoms with Crippen LogP contribution in [0.25, 0.3) is 0 Å². The molecule has 1 heterocycles. The van der Waals surface area contributed by atoms with Gasteiger partial charge in [0.05, 0.1) is 11.9 Å². The van der Waals surface area contributed by atoms with Gasteiger partial charge in [0.1, 0.15) is 5.82 Å². The molecule has 0 saturated heterocycles. The maximum Gasteiger partial charge on any atom is 0.225 e. The summed E-state index contributed by atoms with van der Waals surface area (Å²) < 4.78 is 0. The van der Waals surface area contributed by atoms with Crippen molar-refractivity contribution in [2.75, 3.05) is 17.2 Å². The summed E-state index contributed by atoms with van der Waals surface area (Å²) in [5.74, 6) is 0.629. The van der Waals surface area contributed by atoms with E-state index in [-0.39, 0.29) is 5.91 Å². The van der Waals surface area contributed by atoms with Gasteiger partial charge in [-0.1, -0.05) is 0 Å². The van der Waals surface area contributed by atoms with E-state index in [0.717, 1.165) is 0 Å². The minimum Gasteiger partial charge on any atom is -0.397 e. The topological polar surface area (TPSA) is 59.2 Å². The third kappa shape index (κ3) is 2.18. The number of nitrogens with two attached hydrogens (primary N) is 1. The fourth-order valence-electron chi connectivity index (χ4n) is 1.10. The molecule has 0 atom stereocenters. The molecule has 2 N–H and O–H groups in total. The highest BCUT2D eigenvalue weighted by Gasteiger charge is 2.08. The predicted octanol–water partition coefficient (Wildman–Crippen LogP) is 1.04. The summed E-state index contributed by atoms with van der Waals surface area (Å²) in [7, 11) is 0. The summed E-state index contributed by atoms with van der Waals surface area (Å²) in [4.78, 5) is 16.7. The molecule has 0 spiro atoms. The molecule has 0 saturated carbocycles. The number of carbonyl (C=O) groups is 1. The minimum atomic E-state index is -0.0141. The fraction of sp³-hybridized carbons (Fsp3) is 0.333. The van der Waals surface area contributed by atoms with Gasteiger partial charge in [0, 0.05) is 13.5 Å². The highest BCUT2D eigenvalue weighted by atomic mass is 16.2. The number of hydrogen-bond donors (Lipinski definition) is 1. The van der Waals surface area contributed by atoms with Crippen molar-refractivity contribution >= 4 is 17.4 Å². The van der Waals surface area contributed by atoms with Gasteiger partial charge in [0.2, 0.25) is 5.91 Å². The number of pyridine rings is 1. The molecule has 1 aromatic heterocycles. The largest absolute Gasteiger partial charge is 0.397 e. The monoisotopic (exact) mass is 179 g/mol. The zero-order valence-electron chi connectivity index (χ0n) is 7.82. The summed E-state index contributed by atoms with van der Waals surface area (Å²) >= 11 is 0. The van der Waals surface area contributed by atoms with Crippen molar-refractivity contribution in [3.63, 3.8) is 0 Å². The predicted molar refractivity (Wildman–Crippen MR) is 52.4 cm³/mol. The van der Waals surface area contributed by atoms with E-state index in [9.17, 15) is 4.79 Å². The van der Waals surface area contributed by atoms with Gasteiger partial charge in [0.25, 0.3) is 0 Å². The highest BCUT2D eigenvalue weighted by molar-refractivity contribution is 5.90. The molecule has 4 nitrogen and oxygen atoms in total. The van der Waals surface area contributed by atoms with Crippen molar-refractivity contribution in [1.29, 1.82) is 0 Å².